The van der Waals surface area contributed by atoms with Crippen LogP contribution in [0.5, 0.6) is 5.88 Å². The molecule has 0 aliphatic heterocycles. The van der Waals surface area contributed by atoms with E-state index in [1.54, 1.807) is 37.6 Å². The lowest BCUT2D eigenvalue weighted by Crippen LogP contribution is -2.14. The predicted octanol–water partition coefficient (Wildman–Crippen LogP) is 3.54. The lowest BCUT2D eigenvalue weighted by molar-refractivity contribution is 0.175. The Bertz CT molecular complexity index is 573. The van der Waals surface area contributed by atoms with Crippen LogP contribution in [-0.2, 0) is 12.8 Å². The van der Waals surface area contributed by atoms with Crippen LogP contribution in [0.15, 0.2) is 36.5 Å². The Labute approximate surface area is 128 Å². The van der Waals surface area contributed by atoms with Gasteiger partial charge in [0.1, 0.15) is 0 Å². The number of benzene rings is 1. The molecule has 0 aliphatic carbocycles. The highest BCUT2D eigenvalue weighted by molar-refractivity contribution is 6.33. The maximum atomic E-state index is 10.1. The zero-order chi connectivity index (χ0) is 14.5. The van der Waals surface area contributed by atoms with Crippen LogP contribution in [0.1, 0.15) is 11.1 Å². The molecule has 0 aliphatic rings. The molecule has 0 saturated heterocycles. The highest BCUT2D eigenvalue weighted by Gasteiger charge is 2.10. The van der Waals surface area contributed by atoms with Gasteiger partial charge in [0.15, 0.2) is 0 Å². The molecule has 20 heavy (non-hydrogen) atoms. The Balaban J connectivity index is 2.00. The third-order valence-electron chi connectivity index (χ3n) is 2.94. The number of aliphatic hydroxyl groups is 1. The van der Waals surface area contributed by atoms with Gasteiger partial charge in [-0.2, -0.15) is 0 Å². The Kier molecular flexibility index (Phi) is 5.24. The first-order chi connectivity index (χ1) is 9.58. The highest BCUT2D eigenvalue weighted by Crippen LogP contribution is 2.22. The van der Waals surface area contributed by atoms with Gasteiger partial charge in [-0.25, -0.2) is 4.98 Å². The van der Waals surface area contributed by atoms with Crippen molar-refractivity contribution in [2.24, 2.45) is 0 Å². The van der Waals surface area contributed by atoms with Crippen LogP contribution in [0.25, 0.3) is 0 Å². The maximum absolute atomic E-state index is 10.1. The van der Waals surface area contributed by atoms with Gasteiger partial charge in [0.05, 0.1) is 13.2 Å². The summed E-state index contributed by atoms with van der Waals surface area (Å²) in [5.41, 5.74) is 1.78. The molecule has 0 amide bonds. The fourth-order valence-electron chi connectivity index (χ4n) is 1.95. The molecular formula is C15H15Cl2NO2. The zero-order valence-corrected chi connectivity index (χ0v) is 12.5. The standard InChI is InChI=1S/C15H15Cl2NO2/c1-20-15-5-2-10(9-18-15)6-13(19)8-11-7-12(16)3-4-14(11)17/h2-5,7,9,13,19H,6,8H2,1H3. The van der Waals surface area contributed by atoms with Crippen molar-refractivity contribution >= 4 is 23.2 Å². The monoisotopic (exact) mass is 311 g/mol. The second-order valence-corrected chi connectivity index (χ2v) is 5.35. The van der Waals surface area contributed by atoms with Crippen LogP contribution >= 0.6 is 23.2 Å². The van der Waals surface area contributed by atoms with Crippen LogP contribution in [0.4, 0.5) is 0 Å². The molecule has 1 aromatic heterocycles. The van der Waals surface area contributed by atoms with Gasteiger partial charge in [-0.15, -0.1) is 0 Å². The quantitative estimate of drug-likeness (QED) is 0.918. The van der Waals surface area contributed by atoms with Gasteiger partial charge in [0, 0.05) is 35.2 Å². The van der Waals surface area contributed by atoms with E-state index < -0.39 is 6.10 Å². The number of nitrogens with zero attached hydrogens (tertiary/aromatic N) is 1. The third kappa shape index (κ3) is 4.10. The fraction of sp³-hybridized carbons (Fsp3) is 0.267. The largest absolute Gasteiger partial charge is 0.481 e. The normalized spacial score (nSPS) is 12.2. The fourth-order valence-corrected chi connectivity index (χ4v) is 2.34. The molecule has 2 aromatic rings. The van der Waals surface area contributed by atoms with Gasteiger partial charge in [-0.1, -0.05) is 29.3 Å². The second-order valence-electron chi connectivity index (χ2n) is 4.51. The predicted molar refractivity (Wildman–Crippen MR) is 80.7 cm³/mol. The minimum atomic E-state index is -0.541. The average molecular weight is 312 g/mol. The number of pyridine rings is 1. The summed E-state index contributed by atoms with van der Waals surface area (Å²) >= 11 is 12.0. The minimum absolute atomic E-state index is 0.450. The lowest BCUT2D eigenvalue weighted by Gasteiger charge is -2.12. The van der Waals surface area contributed by atoms with E-state index in [0.717, 1.165) is 11.1 Å². The number of methoxy groups -OCH3 is 1. The molecule has 2 rings (SSSR count). The van der Waals surface area contributed by atoms with Crippen LogP contribution in [0, 0.1) is 0 Å². The molecule has 3 nitrogen and oxygen atoms in total. The summed E-state index contributed by atoms with van der Waals surface area (Å²) in [5.74, 6) is 0.557. The molecule has 0 saturated carbocycles. The molecule has 0 bridgehead atoms. The summed E-state index contributed by atoms with van der Waals surface area (Å²) in [5, 5.41) is 11.4. The van der Waals surface area contributed by atoms with E-state index in [9.17, 15) is 5.11 Å². The van der Waals surface area contributed by atoms with Crippen molar-refractivity contribution in [1.82, 2.24) is 4.98 Å². The van der Waals surface area contributed by atoms with E-state index in [0.29, 0.717) is 28.8 Å². The number of rotatable bonds is 5. The first-order valence-corrected chi connectivity index (χ1v) is 6.95. The number of hydrogen-bond acceptors (Lipinski definition) is 3. The number of hydrogen-bond donors (Lipinski definition) is 1. The SMILES string of the molecule is COc1ccc(CC(O)Cc2cc(Cl)ccc2Cl)cn1. The average Bonchev–Trinajstić information content (AvgIpc) is 2.43. The number of halogens is 2. The van der Waals surface area contributed by atoms with Crippen molar-refractivity contribution in [2.45, 2.75) is 18.9 Å². The van der Waals surface area contributed by atoms with E-state index in [1.165, 1.54) is 0 Å². The number of aliphatic hydroxyl groups excluding tert-OH is 1. The van der Waals surface area contributed by atoms with Crippen LogP contribution < -0.4 is 4.74 Å². The molecule has 0 spiro atoms. The van der Waals surface area contributed by atoms with E-state index in [4.69, 9.17) is 27.9 Å². The zero-order valence-electron chi connectivity index (χ0n) is 11.0. The molecule has 1 unspecified atom stereocenters. The van der Waals surface area contributed by atoms with Gasteiger partial charge >= 0.3 is 0 Å². The van der Waals surface area contributed by atoms with Gasteiger partial charge in [-0.3, -0.25) is 0 Å². The molecular weight excluding hydrogens is 297 g/mol. The van der Waals surface area contributed by atoms with Gasteiger partial charge in [-0.05, 0) is 29.3 Å². The molecule has 1 N–H and O–H groups in total. The summed E-state index contributed by atoms with van der Waals surface area (Å²) in [6.07, 6.45) is 2.11. The van der Waals surface area contributed by atoms with Crippen molar-refractivity contribution in [3.05, 3.63) is 57.7 Å². The van der Waals surface area contributed by atoms with Crippen LogP contribution in [0.3, 0.4) is 0 Å². The van der Waals surface area contributed by atoms with E-state index >= 15 is 0 Å². The van der Waals surface area contributed by atoms with Gasteiger partial charge in [0.2, 0.25) is 5.88 Å². The van der Waals surface area contributed by atoms with Crippen molar-refractivity contribution in [3.63, 3.8) is 0 Å². The summed E-state index contributed by atoms with van der Waals surface area (Å²) in [6, 6.07) is 8.90. The highest BCUT2D eigenvalue weighted by atomic mass is 35.5. The van der Waals surface area contributed by atoms with Crippen LogP contribution in [0.2, 0.25) is 10.0 Å². The van der Waals surface area contributed by atoms with E-state index in [-0.39, 0.29) is 0 Å². The molecule has 106 valence electrons. The minimum Gasteiger partial charge on any atom is -0.481 e. The summed E-state index contributed by atoms with van der Waals surface area (Å²) < 4.78 is 4.99. The summed E-state index contributed by atoms with van der Waals surface area (Å²) in [4.78, 5) is 4.11. The second kappa shape index (κ2) is 6.93. The summed E-state index contributed by atoms with van der Waals surface area (Å²) in [6.45, 7) is 0. The van der Waals surface area contributed by atoms with Crippen molar-refractivity contribution in [2.75, 3.05) is 7.11 Å². The molecule has 0 fully saturated rings. The smallest absolute Gasteiger partial charge is 0.212 e. The number of aromatic nitrogens is 1. The first kappa shape index (κ1) is 15.1. The molecule has 1 atom stereocenters. The Morgan fingerprint density at radius 1 is 1.20 bits per heavy atom. The van der Waals surface area contributed by atoms with E-state index in [2.05, 4.69) is 4.98 Å². The molecule has 5 heteroatoms. The van der Waals surface area contributed by atoms with Crippen molar-refractivity contribution in [3.8, 4) is 5.88 Å². The Morgan fingerprint density at radius 3 is 2.65 bits per heavy atom. The van der Waals surface area contributed by atoms with Crippen molar-refractivity contribution < 1.29 is 9.84 Å². The molecule has 0 radical (unpaired) electrons. The topological polar surface area (TPSA) is 42.4 Å². The third-order valence-corrected chi connectivity index (χ3v) is 3.55. The van der Waals surface area contributed by atoms with Gasteiger partial charge < -0.3 is 9.84 Å². The Hall–Kier alpha value is -1.29. The van der Waals surface area contributed by atoms with Crippen LogP contribution in [-0.4, -0.2) is 23.3 Å². The van der Waals surface area contributed by atoms with Crippen molar-refractivity contribution in [1.29, 1.82) is 0 Å². The lowest BCUT2D eigenvalue weighted by atomic mass is 10.0. The first-order valence-electron chi connectivity index (χ1n) is 6.19. The Morgan fingerprint density at radius 2 is 2.00 bits per heavy atom. The maximum Gasteiger partial charge on any atom is 0.212 e. The summed E-state index contributed by atoms with van der Waals surface area (Å²) in [7, 11) is 1.57. The number of ether oxygens (including phenoxy) is 1. The molecule has 1 aromatic carbocycles. The van der Waals surface area contributed by atoms with E-state index in [1.807, 2.05) is 6.07 Å². The van der Waals surface area contributed by atoms with Gasteiger partial charge in [0.25, 0.3) is 0 Å². The molecule has 1 heterocycles.